The summed E-state index contributed by atoms with van der Waals surface area (Å²) in [4.78, 5) is 31.6. The Bertz CT molecular complexity index is 1320. The van der Waals surface area contributed by atoms with Crippen LogP contribution in [0.4, 0.5) is 5.69 Å². The van der Waals surface area contributed by atoms with Crippen molar-refractivity contribution < 1.29 is 14.3 Å². The summed E-state index contributed by atoms with van der Waals surface area (Å²) in [6.45, 7) is 0.779. The highest BCUT2D eigenvalue weighted by Crippen LogP contribution is 2.20. The van der Waals surface area contributed by atoms with E-state index in [9.17, 15) is 9.59 Å². The number of hydrogen-bond acceptors (Lipinski definition) is 4. The Hall–Kier alpha value is -3.84. The van der Waals surface area contributed by atoms with Crippen molar-refractivity contribution in [2.24, 2.45) is 0 Å². The molecule has 1 heterocycles. The third-order valence-corrected chi connectivity index (χ3v) is 6.38. The van der Waals surface area contributed by atoms with E-state index in [-0.39, 0.29) is 25.0 Å². The molecule has 0 fully saturated rings. The van der Waals surface area contributed by atoms with E-state index in [0.29, 0.717) is 17.3 Å². The Kier molecular flexibility index (Phi) is 9.16. The summed E-state index contributed by atoms with van der Waals surface area (Å²) >= 11 is 5.85. The number of aryl methyl sites for hydroxylation is 1. The Morgan fingerprint density at radius 1 is 0.946 bits per heavy atom. The van der Waals surface area contributed by atoms with Gasteiger partial charge >= 0.3 is 0 Å². The predicted molar refractivity (Wildman–Crippen MR) is 147 cm³/mol. The topological polar surface area (TPSA) is 76.5 Å². The Labute approximate surface area is 222 Å². The molecule has 0 saturated heterocycles. The molecule has 0 spiro atoms. The molecule has 37 heavy (non-hydrogen) atoms. The van der Waals surface area contributed by atoms with Crippen LogP contribution in [-0.4, -0.2) is 41.6 Å². The van der Waals surface area contributed by atoms with E-state index in [1.165, 1.54) is 0 Å². The van der Waals surface area contributed by atoms with E-state index in [1.807, 2.05) is 59.2 Å². The highest BCUT2D eigenvalue weighted by molar-refractivity contribution is 6.30. The summed E-state index contributed by atoms with van der Waals surface area (Å²) in [7, 11) is 1.80. The van der Waals surface area contributed by atoms with Crippen LogP contribution in [0.1, 0.15) is 25.1 Å². The zero-order chi connectivity index (χ0) is 26.0. The van der Waals surface area contributed by atoms with Crippen LogP contribution in [0, 0.1) is 0 Å². The minimum atomic E-state index is -0.155. The number of likely N-dealkylation sites (N-methyl/N-ethyl adjacent to an activating group) is 1. The average Bonchev–Trinajstić information content (AvgIpc) is 3.27. The zero-order valence-electron chi connectivity index (χ0n) is 20.9. The van der Waals surface area contributed by atoms with Gasteiger partial charge in [-0.25, -0.2) is 4.98 Å². The third-order valence-electron chi connectivity index (χ3n) is 6.13. The number of anilines is 1. The molecule has 7 nitrogen and oxygen atoms in total. The largest absolute Gasteiger partial charge is 0.484 e. The van der Waals surface area contributed by atoms with Crippen LogP contribution < -0.4 is 15.0 Å². The van der Waals surface area contributed by atoms with Gasteiger partial charge in [-0.2, -0.15) is 0 Å². The van der Waals surface area contributed by atoms with Crippen molar-refractivity contribution in [3.8, 4) is 5.75 Å². The van der Waals surface area contributed by atoms with E-state index in [2.05, 4.69) is 5.32 Å². The summed E-state index contributed by atoms with van der Waals surface area (Å²) < 4.78 is 7.49. The van der Waals surface area contributed by atoms with Crippen LogP contribution in [0.25, 0.3) is 11.0 Å². The molecule has 4 aromatic rings. The Balaban J connectivity index is 1.25. The van der Waals surface area contributed by atoms with Gasteiger partial charge in [0.2, 0.25) is 5.91 Å². The molecule has 0 bridgehead atoms. The summed E-state index contributed by atoms with van der Waals surface area (Å²) in [5.41, 5.74) is 2.71. The maximum absolute atomic E-state index is 13.1. The number of ether oxygens (including phenoxy) is 1. The molecule has 8 heteroatoms. The van der Waals surface area contributed by atoms with Crippen molar-refractivity contribution in [3.63, 3.8) is 0 Å². The van der Waals surface area contributed by atoms with Gasteiger partial charge in [0.15, 0.2) is 6.61 Å². The molecular formula is C29H31ClN4O3. The highest BCUT2D eigenvalue weighted by Gasteiger charge is 2.17. The van der Waals surface area contributed by atoms with Crippen molar-refractivity contribution in [2.75, 3.05) is 25.1 Å². The van der Waals surface area contributed by atoms with Gasteiger partial charge in [0, 0.05) is 30.7 Å². The number of para-hydroxylation sites is 3. The smallest absolute Gasteiger partial charge is 0.257 e. The van der Waals surface area contributed by atoms with Crippen LogP contribution in [-0.2, 0) is 22.6 Å². The van der Waals surface area contributed by atoms with Gasteiger partial charge in [0.25, 0.3) is 5.91 Å². The van der Waals surface area contributed by atoms with Crippen LogP contribution in [0.2, 0.25) is 5.02 Å². The maximum Gasteiger partial charge on any atom is 0.257 e. The summed E-state index contributed by atoms with van der Waals surface area (Å²) in [6.07, 6.45) is 3.44. The van der Waals surface area contributed by atoms with E-state index in [4.69, 9.17) is 21.3 Å². The number of carbonyl (C=O) groups is 2. The number of imidazole rings is 1. The molecule has 0 aliphatic carbocycles. The maximum atomic E-state index is 13.1. The molecule has 0 radical (unpaired) electrons. The molecule has 0 aliphatic heterocycles. The average molecular weight is 519 g/mol. The zero-order valence-corrected chi connectivity index (χ0v) is 21.7. The van der Waals surface area contributed by atoms with Crippen LogP contribution in [0.3, 0.4) is 0 Å². The minimum absolute atomic E-state index is 0.000801. The number of rotatable bonds is 12. The molecule has 0 aliphatic rings. The van der Waals surface area contributed by atoms with Crippen molar-refractivity contribution in [1.82, 2.24) is 14.9 Å². The number of amides is 2. The van der Waals surface area contributed by atoms with Gasteiger partial charge in [-0.3, -0.25) is 9.59 Å². The molecule has 3 aromatic carbocycles. The summed E-state index contributed by atoms with van der Waals surface area (Å²) in [6, 6.07) is 24.4. The Morgan fingerprint density at radius 2 is 1.68 bits per heavy atom. The normalized spacial score (nSPS) is 10.9. The Morgan fingerprint density at radius 3 is 2.46 bits per heavy atom. The molecule has 4 rings (SSSR count). The first kappa shape index (κ1) is 26.2. The molecule has 0 unspecified atom stereocenters. The number of fused-ring (bicyclic) bond motifs is 1. The van der Waals surface area contributed by atoms with E-state index in [0.717, 1.165) is 48.2 Å². The third kappa shape index (κ3) is 7.33. The highest BCUT2D eigenvalue weighted by atomic mass is 35.5. The second kappa shape index (κ2) is 12.9. The molecule has 0 atom stereocenters. The lowest BCUT2D eigenvalue weighted by molar-refractivity contribution is -0.123. The molecular weight excluding hydrogens is 488 g/mol. The fourth-order valence-electron chi connectivity index (χ4n) is 4.07. The number of nitrogens with zero attached hydrogens (tertiary/aromatic N) is 3. The standard InChI is InChI=1S/C29H31ClN4O3/c1-33(23-10-4-2-5-11-23)29(36)20-34-26-13-8-7-12-25(26)32-27(34)14-6-3-9-19-31-28(35)21-37-24-17-15-22(30)16-18-24/h2,4-5,7-8,10-13,15-18H,3,6,9,14,19-21H2,1H3,(H,31,35). The lowest BCUT2D eigenvalue weighted by Crippen LogP contribution is -2.30. The summed E-state index contributed by atoms with van der Waals surface area (Å²) in [5.74, 6) is 1.35. The summed E-state index contributed by atoms with van der Waals surface area (Å²) in [5, 5.41) is 3.51. The van der Waals surface area contributed by atoms with Crippen LogP contribution in [0.5, 0.6) is 5.75 Å². The second-order valence-electron chi connectivity index (χ2n) is 8.79. The van der Waals surface area contributed by atoms with Gasteiger partial charge < -0.3 is 19.5 Å². The number of nitrogens with one attached hydrogen (secondary N) is 1. The van der Waals surface area contributed by atoms with Crippen molar-refractivity contribution in [3.05, 3.63) is 89.7 Å². The van der Waals surface area contributed by atoms with Crippen molar-refractivity contribution in [1.29, 1.82) is 0 Å². The number of unbranched alkanes of at least 4 members (excludes halogenated alkanes) is 2. The minimum Gasteiger partial charge on any atom is -0.484 e. The number of aromatic nitrogens is 2. The van der Waals surface area contributed by atoms with Gasteiger partial charge in [-0.15, -0.1) is 0 Å². The lowest BCUT2D eigenvalue weighted by atomic mass is 10.2. The predicted octanol–water partition coefficient (Wildman–Crippen LogP) is 5.26. The van der Waals surface area contributed by atoms with Gasteiger partial charge in [-0.1, -0.05) is 48.4 Å². The van der Waals surface area contributed by atoms with Gasteiger partial charge in [-0.05, 0) is 61.4 Å². The first-order valence-corrected chi connectivity index (χ1v) is 12.8. The van der Waals surface area contributed by atoms with Gasteiger partial charge in [0.05, 0.1) is 11.0 Å². The van der Waals surface area contributed by atoms with Crippen LogP contribution >= 0.6 is 11.6 Å². The van der Waals surface area contributed by atoms with E-state index >= 15 is 0 Å². The second-order valence-corrected chi connectivity index (χ2v) is 9.23. The molecule has 2 amide bonds. The molecule has 1 N–H and O–H groups in total. The molecule has 0 saturated carbocycles. The lowest BCUT2D eigenvalue weighted by Gasteiger charge is -2.18. The van der Waals surface area contributed by atoms with Crippen LogP contribution in [0.15, 0.2) is 78.9 Å². The van der Waals surface area contributed by atoms with Gasteiger partial charge in [0.1, 0.15) is 18.1 Å². The fraction of sp³-hybridized carbons (Fsp3) is 0.276. The van der Waals surface area contributed by atoms with Crippen molar-refractivity contribution in [2.45, 2.75) is 32.2 Å². The SMILES string of the molecule is CN(C(=O)Cn1c(CCCCCNC(=O)COc2ccc(Cl)cc2)nc2ccccc21)c1ccccc1. The monoisotopic (exact) mass is 518 g/mol. The van der Waals surface area contributed by atoms with E-state index in [1.54, 1.807) is 36.2 Å². The van der Waals surface area contributed by atoms with E-state index < -0.39 is 0 Å². The quantitative estimate of drug-likeness (QED) is 0.259. The number of halogens is 1. The molecule has 192 valence electrons. The molecule has 1 aromatic heterocycles. The number of benzene rings is 3. The number of carbonyl (C=O) groups excluding carboxylic acids is 2. The first-order chi connectivity index (χ1) is 18.0. The van der Waals surface area contributed by atoms with Crippen molar-refractivity contribution >= 4 is 40.1 Å². The number of hydrogen-bond donors (Lipinski definition) is 1. The first-order valence-electron chi connectivity index (χ1n) is 12.4. The fourth-order valence-corrected chi connectivity index (χ4v) is 4.20.